The van der Waals surface area contributed by atoms with Gasteiger partial charge in [0, 0.05) is 31.9 Å². The summed E-state index contributed by atoms with van der Waals surface area (Å²) in [6.45, 7) is 3.53. The summed E-state index contributed by atoms with van der Waals surface area (Å²) in [7, 11) is 0. The van der Waals surface area contributed by atoms with Gasteiger partial charge in [0.05, 0.1) is 31.3 Å². The van der Waals surface area contributed by atoms with Crippen molar-refractivity contribution >= 4 is 18.0 Å². The standard InChI is InChI=1S/C20H26F3N7O/c1-2-15-13-28(8-7-24-15)19-26-11-16-17(30(19)18-5-3-4-6-25-18)12-27-29(16)9-10-31-14-20(21,22)23/h3-6,11-12,15,17,24H,2,7-10,13-14H2,1H3/t15-,17?/m1/s1. The van der Waals surface area contributed by atoms with Gasteiger partial charge in [-0.25, -0.2) is 9.98 Å². The van der Waals surface area contributed by atoms with Crippen LogP contribution in [-0.2, 0) is 4.74 Å². The number of hydrogen-bond donors (Lipinski definition) is 1. The van der Waals surface area contributed by atoms with Gasteiger partial charge in [0.2, 0.25) is 5.96 Å². The molecule has 0 radical (unpaired) electrons. The lowest BCUT2D eigenvalue weighted by Gasteiger charge is -2.42. The predicted octanol–water partition coefficient (Wildman–Crippen LogP) is 2.03. The minimum atomic E-state index is -4.34. The maximum absolute atomic E-state index is 12.3. The Kier molecular flexibility index (Phi) is 6.42. The van der Waals surface area contributed by atoms with E-state index in [2.05, 4.69) is 27.2 Å². The largest absolute Gasteiger partial charge is 0.411 e. The highest BCUT2D eigenvalue weighted by atomic mass is 19.4. The molecule has 1 aromatic rings. The molecular weight excluding hydrogens is 411 g/mol. The number of anilines is 1. The average molecular weight is 437 g/mol. The number of fused-ring (bicyclic) bond motifs is 1. The number of hydrogen-bond acceptors (Lipinski definition) is 8. The normalized spacial score (nSPS) is 23.7. The summed E-state index contributed by atoms with van der Waals surface area (Å²) in [5.74, 6) is 1.54. The van der Waals surface area contributed by atoms with Crippen LogP contribution in [-0.4, -0.2) is 84.7 Å². The van der Waals surface area contributed by atoms with E-state index in [1.54, 1.807) is 23.6 Å². The molecule has 2 atom stereocenters. The number of aliphatic imine (C=N–C) groups is 1. The third-order valence-electron chi connectivity index (χ3n) is 5.39. The molecule has 8 nitrogen and oxygen atoms in total. The first kappa shape index (κ1) is 21.6. The summed E-state index contributed by atoms with van der Waals surface area (Å²) in [4.78, 5) is 13.5. The van der Waals surface area contributed by atoms with Gasteiger partial charge in [-0.05, 0) is 18.6 Å². The number of halogens is 3. The van der Waals surface area contributed by atoms with Crippen LogP contribution in [0.15, 0.2) is 46.4 Å². The molecule has 1 aromatic heterocycles. The highest BCUT2D eigenvalue weighted by Crippen LogP contribution is 2.29. The monoisotopic (exact) mass is 437 g/mol. The number of hydrazone groups is 1. The molecule has 3 aliphatic rings. The summed E-state index contributed by atoms with van der Waals surface area (Å²) in [5, 5.41) is 9.56. The van der Waals surface area contributed by atoms with Crippen molar-refractivity contribution in [3.8, 4) is 0 Å². The van der Waals surface area contributed by atoms with Gasteiger partial charge in [0.25, 0.3) is 0 Å². The second kappa shape index (κ2) is 9.23. The molecule has 1 unspecified atom stereocenters. The number of pyridine rings is 1. The highest BCUT2D eigenvalue weighted by molar-refractivity contribution is 6.02. The molecule has 168 valence electrons. The van der Waals surface area contributed by atoms with E-state index in [0.717, 1.165) is 43.5 Å². The van der Waals surface area contributed by atoms with Gasteiger partial charge in [0.15, 0.2) is 0 Å². The molecule has 11 heteroatoms. The van der Waals surface area contributed by atoms with Gasteiger partial charge >= 0.3 is 6.18 Å². The molecule has 1 saturated heterocycles. The summed E-state index contributed by atoms with van der Waals surface area (Å²) >= 11 is 0. The number of piperazine rings is 1. The van der Waals surface area contributed by atoms with Crippen molar-refractivity contribution in [2.24, 2.45) is 10.1 Å². The van der Waals surface area contributed by atoms with Crippen molar-refractivity contribution in [1.82, 2.24) is 20.2 Å². The smallest absolute Gasteiger partial charge is 0.370 e. The Morgan fingerprint density at radius 3 is 2.90 bits per heavy atom. The van der Waals surface area contributed by atoms with Crippen LogP contribution in [0, 0.1) is 0 Å². The summed E-state index contributed by atoms with van der Waals surface area (Å²) < 4.78 is 41.7. The van der Waals surface area contributed by atoms with Gasteiger partial charge in [-0.1, -0.05) is 13.0 Å². The van der Waals surface area contributed by atoms with E-state index in [1.807, 2.05) is 23.1 Å². The van der Waals surface area contributed by atoms with E-state index >= 15 is 0 Å². The zero-order chi connectivity index (χ0) is 21.8. The Balaban J connectivity index is 1.54. The number of aromatic nitrogens is 1. The van der Waals surface area contributed by atoms with Crippen molar-refractivity contribution in [3.63, 3.8) is 0 Å². The van der Waals surface area contributed by atoms with Gasteiger partial charge in [-0.15, -0.1) is 0 Å². The van der Waals surface area contributed by atoms with Crippen molar-refractivity contribution in [2.45, 2.75) is 31.6 Å². The zero-order valence-electron chi connectivity index (χ0n) is 17.3. The highest BCUT2D eigenvalue weighted by Gasteiger charge is 2.38. The van der Waals surface area contributed by atoms with Crippen LogP contribution in [0.1, 0.15) is 13.3 Å². The fourth-order valence-corrected chi connectivity index (χ4v) is 3.87. The minimum Gasteiger partial charge on any atom is -0.370 e. The van der Waals surface area contributed by atoms with Crippen LogP contribution >= 0.6 is 0 Å². The molecule has 4 rings (SSSR count). The lowest BCUT2D eigenvalue weighted by atomic mass is 10.1. The Bertz CT molecular complexity index is 843. The van der Waals surface area contributed by atoms with E-state index in [-0.39, 0.29) is 19.2 Å². The first-order valence-corrected chi connectivity index (χ1v) is 10.4. The molecule has 0 aromatic carbocycles. The molecule has 0 aliphatic carbocycles. The molecule has 0 amide bonds. The Hall–Kier alpha value is -2.66. The summed E-state index contributed by atoms with van der Waals surface area (Å²) in [6.07, 6.45) is 1.94. The van der Waals surface area contributed by atoms with Crippen LogP contribution in [0.4, 0.5) is 19.0 Å². The van der Waals surface area contributed by atoms with Crippen molar-refractivity contribution in [1.29, 1.82) is 0 Å². The third-order valence-corrected chi connectivity index (χ3v) is 5.39. The Morgan fingerprint density at radius 1 is 1.29 bits per heavy atom. The van der Waals surface area contributed by atoms with E-state index in [0.29, 0.717) is 6.04 Å². The maximum atomic E-state index is 12.3. The van der Waals surface area contributed by atoms with Crippen LogP contribution < -0.4 is 10.2 Å². The quantitative estimate of drug-likeness (QED) is 0.687. The first-order chi connectivity index (χ1) is 15.0. The van der Waals surface area contributed by atoms with Crippen LogP contribution in [0.2, 0.25) is 0 Å². The fourth-order valence-electron chi connectivity index (χ4n) is 3.87. The van der Waals surface area contributed by atoms with E-state index in [9.17, 15) is 13.2 Å². The molecule has 31 heavy (non-hydrogen) atoms. The van der Waals surface area contributed by atoms with E-state index in [1.165, 1.54) is 0 Å². The molecule has 0 bridgehead atoms. The average Bonchev–Trinajstić information content (AvgIpc) is 3.19. The molecular formula is C20H26F3N7O. The summed E-state index contributed by atoms with van der Waals surface area (Å²) in [5.41, 5.74) is 0.784. The molecule has 3 aliphatic heterocycles. The Labute approximate surface area is 179 Å². The van der Waals surface area contributed by atoms with E-state index in [4.69, 9.17) is 9.73 Å². The number of nitrogens with one attached hydrogen (secondary N) is 1. The predicted molar refractivity (Wildman–Crippen MR) is 112 cm³/mol. The third kappa shape index (κ3) is 4.99. The van der Waals surface area contributed by atoms with Crippen LogP contribution in [0.5, 0.6) is 0 Å². The second-order valence-corrected chi connectivity index (χ2v) is 7.55. The topological polar surface area (TPSA) is 68.6 Å². The van der Waals surface area contributed by atoms with Crippen LogP contribution in [0.25, 0.3) is 0 Å². The number of nitrogens with zero attached hydrogens (tertiary/aromatic N) is 6. The lowest BCUT2D eigenvalue weighted by Crippen LogP contribution is -2.59. The van der Waals surface area contributed by atoms with Crippen LogP contribution in [0.3, 0.4) is 0 Å². The van der Waals surface area contributed by atoms with Crippen molar-refractivity contribution in [3.05, 3.63) is 36.3 Å². The number of rotatable bonds is 6. The number of guanidine groups is 1. The van der Waals surface area contributed by atoms with Gasteiger partial charge in [-0.3, -0.25) is 9.91 Å². The molecule has 4 heterocycles. The van der Waals surface area contributed by atoms with Gasteiger partial charge < -0.3 is 15.0 Å². The van der Waals surface area contributed by atoms with Gasteiger partial charge in [-0.2, -0.15) is 18.3 Å². The first-order valence-electron chi connectivity index (χ1n) is 10.4. The number of alkyl halides is 3. The second-order valence-electron chi connectivity index (χ2n) is 7.55. The molecule has 1 N–H and O–H groups in total. The zero-order valence-corrected chi connectivity index (χ0v) is 17.3. The lowest BCUT2D eigenvalue weighted by molar-refractivity contribution is -0.174. The minimum absolute atomic E-state index is 0.0863. The van der Waals surface area contributed by atoms with Gasteiger partial charge in [0.1, 0.15) is 18.5 Å². The maximum Gasteiger partial charge on any atom is 0.411 e. The van der Waals surface area contributed by atoms with E-state index < -0.39 is 12.8 Å². The molecule has 0 spiro atoms. The Morgan fingerprint density at radius 2 is 2.16 bits per heavy atom. The molecule has 0 saturated carbocycles. The fraction of sp³-hybridized carbons (Fsp3) is 0.550. The number of ether oxygens (including phenoxy) is 1. The SMILES string of the molecule is CC[C@@H]1CN(C2=NC=C3C(C=NN3CCOCC(F)(F)F)N2c2ccccn2)CCN1. The van der Waals surface area contributed by atoms with Crippen molar-refractivity contribution in [2.75, 3.05) is 44.3 Å². The molecule has 1 fully saturated rings. The van der Waals surface area contributed by atoms with Crippen molar-refractivity contribution < 1.29 is 17.9 Å². The summed E-state index contributed by atoms with van der Waals surface area (Å²) in [6, 6.07) is 5.83.